The minimum absolute atomic E-state index is 0.0652. The third-order valence-electron chi connectivity index (χ3n) is 6.03. The molecule has 0 saturated carbocycles. The quantitative estimate of drug-likeness (QED) is 0.331. The molecule has 0 fully saturated rings. The van der Waals surface area contributed by atoms with Crippen LogP contribution in [-0.2, 0) is 20.9 Å². The van der Waals surface area contributed by atoms with Crippen molar-refractivity contribution in [3.05, 3.63) is 106 Å². The largest absolute Gasteiger partial charge is 0.349 e. The molecule has 0 radical (unpaired) electrons. The lowest BCUT2D eigenvalue weighted by Gasteiger charge is -2.35. The fourth-order valence-corrected chi connectivity index (χ4v) is 4.30. The number of carbonyl (C=O) groups is 3. The zero-order chi connectivity index (χ0) is 25.2. The van der Waals surface area contributed by atoms with Crippen molar-refractivity contribution in [2.45, 2.75) is 25.9 Å². The average molecular weight is 508 g/mol. The lowest BCUT2D eigenvalue weighted by atomic mass is 9.91. The Kier molecular flexibility index (Phi) is 6.96. The molecule has 178 valence electrons. The Balaban J connectivity index is 1.69. The number of nitrogens with one attached hydrogen (secondary N) is 2. The lowest BCUT2D eigenvalue weighted by Crippen LogP contribution is -2.55. The van der Waals surface area contributed by atoms with E-state index in [4.69, 9.17) is 23.2 Å². The van der Waals surface area contributed by atoms with Crippen molar-refractivity contribution in [1.29, 1.82) is 0 Å². The first kappa shape index (κ1) is 24.5. The Morgan fingerprint density at radius 1 is 0.829 bits per heavy atom. The molecule has 0 aliphatic carbocycles. The highest BCUT2D eigenvalue weighted by molar-refractivity contribution is 6.34. The van der Waals surface area contributed by atoms with Gasteiger partial charge in [-0.1, -0.05) is 53.5 Å². The van der Waals surface area contributed by atoms with Crippen LogP contribution in [0.4, 0.5) is 11.4 Å². The Morgan fingerprint density at radius 3 is 1.89 bits per heavy atom. The molecule has 35 heavy (non-hydrogen) atoms. The fourth-order valence-electron chi connectivity index (χ4n) is 4.05. The summed E-state index contributed by atoms with van der Waals surface area (Å²) in [6.45, 7) is 3.48. The molecule has 8 heteroatoms. The molecule has 6 nitrogen and oxygen atoms in total. The minimum atomic E-state index is -1.65. The van der Waals surface area contributed by atoms with E-state index in [-0.39, 0.29) is 12.1 Å². The van der Waals surface area contributed by atoms with Gasteiger partial charge in [0.15, 0.2) is 5.54 Å². The second-order valence-corrected chi connectivity index (χ2v) is 9.23. The van der Waals surface area contributed by atoms with Crippen LogP contribution in [0.1, 0.15) is 19.4 Å². The summed E-state index contributed by atoms with van der Waals surface area (Å²) >= 11 is 11.9. The SMILES string of the molecule is CC1=C(C(=O)Nc2ccc(Cl)cc2)C(=O)C(C)(C(=O)Nc2ccc(Cl)cc2)N1Cc1ccccc1. The molecule has 1 aliphatic rings. The van der Waals surface area contributed by atoms with Gasteiger partial charge in [0.05, 0.1) is 0 Å². The minimum Gasteiger partial charge on any atom is -0.349 e. The number of halogens is 2. The normalized spacial score (nSPS) is 17.5. The number of amides is 2. The maximum atomic E-state index is 13.7. The lowest BCUT2D eigenvalue weighted by molar-refractivity contribution is -0.135. The van der Waals surface area contributed by atoms with E-state index < -0.39 is 23.1 Å². The summed E-state index contributed by atoms with van der Waals surface area (Å²) in [6, 6.07) is 22.6. The van der Waals surface area contributed by atoms with E-state index in [0.717, 1.165) is 5.56 Å². The molecule has 1 atom stereocenters. The summed E-state index contributed by atoms with van der Waals surface area (Å²) < 4.78 is 0. The number of hydrogen-bond donors (Lipinski definition) is 2. The summed E-state index contributed by atoms with van der Waals surface area (Å²) in [4.78, 5) is 42.2. The number of nitrogens with zero attached hydrogens (tertiary/aromatic N) is 1. The van der Waals surface area contributed by atoms with Crippen molar-refractivity contribution in [2.75, 3.05) is 10.6 Å². The maximum absolute atomic E-state index is 13.7. The number of hydrogen-bond acceptors (Lipinski definition) is 4. The number of allylic oxidation sites excluding steroid dienone is 1. The second kappa shape index (κ2) is 9.94. The highest BCUT2D eigenvalue weighted by Gasteiger charge is 2.55. The van der Waals surface area contributed by atoms with E-state index in [1.165, 1.54) is 6.92 Å². The standard InChI is InChI=1S/C27H23Cl2N3O3/c1-17-23(25(34)30-21-12-8-19(28)9-13-21)24(33)27(2,32(17)16-18-6-4-3-5-7-18)26(35)31-22-14-10-20(29)11-15-22/h3-15H,16H2,1-2H3,(H,30,34)(H,31,35). The van der Waals surface area contributed by atoms with E-state index in [2.05, 4.69) is 10.6 Å². The van der Waals surface area contributed by atoms with E-state index in [1.807, 2.05) is 30.3 Å². The van der Waals surface area contributed by atoms with Gasteiger partial charge in [0, 0.05) is 33.7 Å². The third-order valence-corrected chi connectivity index (χ3v) is 6.54. The highest BCUT2D eigenvalue weighted by atomic mass is 35.5. The van der Waals surface area contributed by atoms with Gasteiger partial charge in [0.1, 0.15) is 5.57 Å². The van der Waals surface area contributed by atoms with Crippen molar-refractivity contribution < 1.29 is 14.4 Å². The smallest absolute Gasteiger partial charge is 0.261 e. The summed E-state index contributed by atoms with van der Waals surface area (Å²) in [5.41, 5.74) is 0.575. The number of Topliss-reactive ketones (excluding diaryl/α,β-unsaturated/α-hetero) is 1. The molecule has 0 saturated heterocycles. The zero-order valence-electron chi connectivity index (χ0n) is 19.1. The predicted octanol–water partition coefficient (Wildman–Crippen LogP) is 5.69. The van der Waals surface area contributed by atoms with E-state index in [0.29, 0.717) is 27.1 Å². The van der Waals surface area contributed by atoms with Crippen LogP contribution in [-0.4, -0.2) is 28.0 Å². The van der Waals surface area contributed by atoms with Gasteiger partial charge in [-0.2, -0.15) is 0 Å². The third kappa shape index (κ3) is 4.94. The van der Waals surface area contributed by atoms with Crippen molar-refractivity contribution in [1.82, 2.24) is 4.90 Å². The van der Waals surface area contributed by atoms with Crippen LogP contribution >= 0.6 is 23.2 Å². The van der Waals surface area contributed by atoms with E-state index in [1.54, 1.807) is 60.4 Å². The van der Waals surface area contributed by atoms with Gasteiger partial charge in [-0.15, -0.1) is 0 Å². The van der Waals surface area contributed by atoms with Crippen molar-refractivity contribution in [3.63, 3.8) is 0 Å². The van der Waals surface area contributed by atoms with E-state index in [9.17, 15) is 14.4 Å². The molecular weight excluding hydrogens is 485 g/mol. The van der Waals surface area contributed by atoms with Gasteiger partial charge in [0.25, 0.3) is 11.8 Å². The van der Waals surface area contributed by atoms with Crippen molar-refractivity contribution >= 4 is 52.2 Å². The average Bonchev–Trinajstić information content (AvgIpc) is 3.04. The number of anilines is 2. The molecule has 0 bridgehead atoms. The Hall–Kier alpha value is -3.61. The van der Waals surface area contributed by atoms with E-state index >= 15 is 0 Å². The molecule has 2 N–H and O–H groups in total. The predicted molar refractivity (Wildman–Crippen MR) is 138 cm³/mol. The molecule has 4 rings (SSSR count). The maximum Gasteiger partial charge on any atom is 0.261 e. The molecule has 0 aromatic heterocycles. The Morgan fingerprint density at radius 2 is 1.34 bits per heavy atom. The van der Waals surface area contributed by atoms with Crippen molar-refractivity contribution in [2.24, 2.45) is 0 Å². The molecule has 1 aliphatic heterocycles. The van der Waals surface area contributed by atoms with Gasteiger partial charge in [-0.3, -0.25) is 14.4 Å². The van der Waals surface area contributed by atoms with Crippen LogP contribution in [0.25, 0.3) is 0 Å². The molecule has 2 amide bonds. The molecule has 1 unspecified atom stereocenters. The Labute approximate surface area is 213 Å². The van der Waals surface area contributed by atoms with Gasteiger partial charge >= 0.3 is 0 Å². The van der Waals surface area contributed by atoms with Crippen LogP contribution in [0.2, 0.25) is 10.0 Å². The number of benzene rings is 3. The molecule has 0 spiro atoms. The zero-order valence-corrected chi connectivity index (χ0v) is 20.7. The summed E-state index contributed by atoms with van der Waals surface area (Å²) in [6.07, 6.45) is 0. The van der Waals surface area contributed by atoms with Crippen LogP contribution in [0.5, 0.6) is 0 Å². The first-order valence-corrected chi connectivity index (χ1v) is 11.7. The summed E-state index contributed by atoms with van der Waals surface area (Å²) in [5.74, 6) is -1.71. The number of carbonyl (C=O) groups excluding carboxylic acids is 3. The van der Waals surface area contributed by atoms with Gasteiger partial charge < -0.3 is 15.5 Å². The molecular formula is C27H23Cl2N3O3. The van der Waals surface area contributed by atoms with Gasteiger partial charge in [-0.25, -0.2) is 0 Å². The summed E-state index contributed by atoms with van der Waals surface area (Å²) in [5, 5.41) is 6.59. The van der Waals surface area contributed by atoms with Crippen LogP contribution in [0.3, 0.4) is 0 Å². The highest BCUT2D eigenvalue weighted by Crippen LogP contribution is 2.37. The van der Waals surface area contributed by atoms with Crippen molar-refractivity contribution in [3.8, 4) is 0 Å². The monoisotopic (exact) mass is 507 g/mol. The van der Waals surface area contributed by atoms with Gasteiger partial charge in [0.2, 0.25) is 5.78 Å². The number of rotatable bonds is 6. The molecule has 3 aromatic rings. The van der Waals surface area contributed by atoms with Crippen LogP contribution < -0.4 is 10.6 Å². The first-order valence-electron chi connectivity index (χ1n) is 10.9. The molecule has 1 heterocycles. The van der Waals surface area contributed by atoms with Crippen LogP contribution in [0.15, 0.2) is 90.1 Å². The summed E-state index contributed by atoms with van der Waals surface area (Å²) in [7, 11) is 0. The second-order valence-electron chi connectivity index (χ2n) is 8.36. The number of ketones is 1. The fraction of sp³-hybridized carbons (Fsp3) is 0.148. The van der Waals surface area contributed by atoms with Crippen LogP contribution in [0, 0.1) is 0 Å². The Bertz CT molecular complexity index is 1310. The topological polar surface area (TPSA) is 78.5 Å². The molecule has 3 aromatic carbocycles. The van der Waals surface area contributed by atoms with Gasteiger partial charge in [-0.05, 0) is 67.9 Å². The first-order chi connectivity index (χ1) is 16.7.